The first-order chi connectivity index (χ1) is 10.8. The number of anilines is 1. The SMILES string of the molecule is O=C(Nc1ccc(OC(F)F)cc1OC(F)F)N1CC[C@@H](O)C1. The third-order valence-corrected chi connectivity index (χ3v) is 3.09. The maximum absolute atomic E-state index is 12.4. The van der Waals surface area contributed by atoms with Crippen molar-refractivity contribution in [1.82, 2.24) is 4.90 Å². The van der Waals surface area contributed by atoms with Gasteiger partial charge in [-0.25, -0.2) is 4.79 Å². The Bertz CT molecular complexity index is 559. The van der Waals surface area contributed by atoms with Crippen molar-refractivity contribution >= 4 is 11.7 Å². The molecule has 0 aromatic heterocycles. The van der Waals surface area contributed by atoms with Crippen LogP contribution in [-0.2, 0) is 0 Å². The van der Waals surface area contributed by atoms with E-state index in [1.165, 1.54) is 4.90 Å². The van der Waals surface area contributed by atoms with Crippen molar-refractivity contribution in [1.29, 1.82) is 0 Å². The van der Waals surface area contributed by atoms with Gasteiger partial charge in [0.15, 0.2) is 5.75 Å². The average molecular weight is 338 g/mol. The molecule has 23 heavy (non-hydrogen) atoms. The van der Waals surface area contributed by atoms with Crippen LogP contribution in [0.5, 0.6) is 11.5 Å². The van der Waals surface area contributed by atoms with Crippen molar-refractivity contribution in [2.75, 3.05) is 18.4 Å². The van der Waals surface area contributed by atoms with Gasteiger partial charge >= 0.3 is 19.3 Å². The molecule has 1 atom stereocenters. The third kappa shape index (κ3) is 4.88. The summed E-state index contributed by atoms with van der Waals surface area (Å²) in [5.74, 6) is -0.892. The number of hydrogen-bond donors (Lipinski definition) is 2. The molecule has 0 radical (unpaired) electrons. The first-order valence-corrected chi connectivity index (χ1v) is 6.63. The Kier molecular flexibility index (Phi) is 5.48. The number of likely N-dealkylation sites (tertiary alicyclic amines) is 1. The summed E-state index contributed by atoms with van der Waals surface area (Å²) >= 11 is 0. The molecule has 0 aliphatic carbocycles. The molecule has 2 rings (SSSR count). The minimum Gasteiger partial charge on any atom is -0.435 e. The minimum absolute atomic E-state index is 0.115. The Labute approximate surface area is 128 Å². The van der Waals surface area contributed by atoms with Crippen LogP contribution in [0.15, 0.2) is 18.2 Å². The molecule has 10 heteroatoms. The van der Waals surface area contributed by atoms with Crippen molar-refractivity contribution in [2.45, 2.75) is 25.7 Å². The fraction of sp³-hybridized carbons (Fsp3) is 0.462. The van der Waals surface area contributed by atoms with Crippen molar-refractivity contribution in [3.05, 3.63) is 18.2 Å². The first-order valence-electron chi connectivity index (χ1n) is 6.63. The topological polar surface area (TPSA) is 71.0 Å². The first kappa shape index (κ1) is 17.1. The molecule has 1 saturated heterocycles. The normalized spacial score (nSPS) is 17.7. The van der Waals surface area contributed by atoms with E-state index in [0.29, 0.717) is 13.0 Å². The number of ether oxygens (including phenoxy) is 2. The minimum atomic E-state index is -3.21. The van der Waals surface area contributed by atoms with Crippen molar-refractivity contribution in [3.8, 4) is 11.5 Å². The van der Waals surface area contributed by atoms with E-state index in [-0.39, 0.29) is 18.0 Å². The molecule has 2 N–H and O–H groups in total. The zero-order valence-corrected chi connectivity index (χ0v) is 11.7. The number of urea groups is 1. The second-order valence-corrected chi connectivity index (χ2v) is 4.73. The monoisotopic (exact) mass is 338 g/mol. The summed E-state index contributed by atoms with van der Waals surface area (Å²) in [5.41, 5.74) is -0.127. The van der Waals surface area contributed by atoms with Gasteiger partial charge in [0.2, 0.25) is 0 Å². The summed E-state index contributed by atoms with van der Waals surface area (Å²) in [7, 11) is 0. The number of rotatable bonds is 5. The summed E-state index contributed by atoms with van der Waals surface area (Å²) in [6.07, 6.45) is -0.228. The number of nitrogens with zero attached hydrogens (tertiary/aromatic N) is 1. The highest BCUT2D eigenvalue weighted by Gasteiger charge is 2.25. The van der Waals surface area contributed by atoms with E-state index in [2.05, 4.69) is 14.8 Å². The molecule has 0 bridgehead atoms. The molecule has 1 aliphatic rings. The van der Waals surface area contributed by atoms with Gasteiger partial charge in [0, 0.05) is 19.2 Å². The Morgan fingerprint density at radius 3 is 2.52 bits per heavy atom. The lowest BCUT2D eigenvalue weighted by molar-refractivity contribution is -0.0539. The van der Waals surface area contributed by atoms with E-state index in [0.717, 1.165) is 18.2 Å². The smallest absolute Gasteiger partial charge is 0.387 e. The lowest BCUT2D eigenvalue weighted by Crippen LogP contribution is -2.33. The van der Waals surface area contributed by atoms with Crippen molar-refractivity contribution in [2.24, 2.45) is 0 Å². The number of carbonyl (C=O) groups is 1. The van der Waals surface area contributed by atoms with E-state index in [1.807, 2.05) is 0 Å². The molecule has 2 amide bonds. The predicted octanol–water partition coefficient (Wildman–Crippen LogP) is 2.49. The summed E-state index contributed by atoms with van der Waals surface area (Å²) in [5, 5.41) is 11.7. The Hall–Kier alpha value is -2.23. The summed E-state index contributed by atoms with van der Waals surface area (Å²) in [6, 6.07) is 2.40. The van der Waals surface area contributed by atoms with Crippen LogP contribution in [0, 0.1) is 0 Å². The molecule has 1 aromatic carbocycles. The summed E-state index contributed by atoms with van der Waals surface area (Å²) in [4.78, 5) is 13.3. The molecular formula is C13H14F4N2O4. The number of carbonyl (C=O) groups excluding carboxylic acids is 1. The number of benzene rings is 1. The number of aliphatic hydroxyl groups excluding tert-OH is 1. The van der Waals surface area contributed by atoms with Crippen LogP contribution in [0.4, 0.5) is 28.0 Å². The van der Waals surface area contributed by atoms with Gasteiger partial charge in [-0.1, -0.05) is 0 Å². The Morgan fingerprint density at radius 1 is 1.26 bits per heavy atom. The van der Waals surface area contributed by atoms with Crippen molar-refractivity contribution < 1.29 is 36.9 Å². The van der Waals surface area contributed by atoms with E-state index in [1.54, 1.807) is 0 Å². The molecule has 0 saturated carbocycles. The van der Waals surface area contributed by atoms with Gasteiger partial charge in [0.1, 0.15) is 5.75 Å². The fourth-order valence-corrected chi connectivity index (χ4v) is 2.10. The molecule has 1 aliphatic heterocycles. The van der Waals surface area contributed by atoms with Gasteiger partial charge in [-0.2, -0.15) is 17.6 Å². The number of amides is 2. The van der Waals surface area contributed by atoms with Crippen LogP contribution < -0.4 is 14.8 Å². The van der Waals surface area contributed by atoms with Crippen LogP contribution >= 0.6 is 0 Å². The lowest BCUT2D eigenvalue weighted by Gasteiger charge is -2.18. The van der Waals surface area contributed by atoms with Crippen LogP contribution in [0.1, 0.15) is 6.42 Å². The van der Waals surface area contributed by atoms with E-state index in [9.17, 15) is 27.5 Å². The Morgan fingerprint density at radius 2 is 1.96 bits per heavy atom. The zero-order valence-electron chi connectivity index (χ0n) is 11.7. The van der Waals surface area contributed by atoms with E-state index < -0.39 is 31.1 Å². The van der Waals surface area contributed by atoms with Gasteiger partial charge in [-0.05, 0) is 18.6 Å². The summed E-state index contributed by atoms with van der Waals surface area (Å²) < 4.78 is 57.5. The maximum Gasteiger partial charge on any atom is 0.387 e. The molecule has 0 spiro atoms. The molecule has 6 nitrogen and oxygen atoms in total. The number of hydrogen-bond acceptors (Lipinski definition) is 4. The molecule has 128 valence electrons. The second kappa shape index (κ2) is 7.36. The quantitative estimate of drug-likeness (QED) is 0.809. The lowest BCUT2D eigenvalue weighted by atomic mass is 10.2. The third-order valence-electron chi connectivity index (χ3n) is 3.09. The predicted molar refractivity (Wildman–Crippen MR) is 70.9 cm³/mol. The molecule has 1 fully saturated rings. The van der Waals surface area contributed by atoms with Crippen molar-refractivity contribution in [3.63, 3.8) is 0 Å². The summed E-state index contributed by atoms with van der Waals surface area (Å²) in [6.45, 7) is -5.91. The Balaban J connectivity index is 2.14. The standard InChI is InChI=1S/C13H14F4N2O4/c14-11(15)22-8-1-2-9(10(5-8)23-12(16)17)18-13(21)19-4-3-7(20)6-19/h1-2,5,7,11-12,20H,3-4,6H2,(H,18,21)/t7-/m1/s1. The highest BCUT2D eigenvalue weighted by molar-refractivity contribution is 5.91. The molecule has 0 unspecified atom stereocenters. The number of nitrogens with one attached hydrogen (secondary N) is 1. The fourth-order valence-electron chi connectivity index (χ4n) is 2.10. The van der Waals surface area contributed by atoms with Crippen LogP contribution in [0.2, 0.25) is 0 Å². The van der Waals surface area contributed by atoms with Gasteiger partial charge in [0.25, 0.3) is 0 Å². The second-order valence-electron chi connectivity index (χ2n) is 4.73. The molecule has 1 heterocycles. The van der Waals surface area contributed by atoms with E-state index >= 15 is 0 Å². The van der Waals surface area contributed by atoms with Crippen LogP contribution in [-0.4, -0.2) is 48.5 Å². The zero-order chi connectivity index (χ0) is 17.0. The number of β-amino-alcohol motifs (C(OH)–C–C–N with tert-alkyl or cyclic N) is 1. The highest BCUT2D eigenvalue weighted by atomic mass is 19.3. The van der Waals surface area contributed by atoms with Gasteiger partial charge < -0.3 is 24.8 Å². The average Bonchev–Trinajstić information content (AvgIpc) is 2.87. The number of aliphatic hydroxyl groups is 1. The number of alkyl halides is 4. The largest absolute Gasteiger partial charge is 0.435 e. The van der Waals surface area contributed by atoms with Gasteiger partial charge in [-0.15, -0.1) is 0 Å². The molecule has 1 aromatic rings. The highest BCUT2D eigenvalue weighted by Crippen LogP contribution is 2.32. The van der Waals surface area contributed by atoms with Gasteiger partial charge in [-0.3, -0.25) is 0 Å². The van der Waals surface area contributed by atoms with Crippen LogP contribution in [0.3, 0.4) is 0 Å². The van der Waals surface area contributed by atoms with Crippen LogP contribution in [0.25, 0.3) is 0 Å². The van der Waals surface area contributed by atoms with Gasteiger partial charge in [0.05, 0.1) is 11.8 Å². The van der Waals surface area contributed by atoms with E-state index in [4.69, 9.17) is 0 Å². The maximum atomic E-state index is 12.4. The number of halogens is 4. The molecular weight excluding hydrogens is 324 g/mol.